The van der Waals surface area contributed by atoms with E-state index in [4.69, 9.17) is 9.15 Å². The second-order valence-corrected chi connectivity index (χ2v) is 6.28. The molecule has 1 amide bonds. The second-order valence-electron chi connectivity index (χ2n) is 6.28. The zero-order chi connectivity index (χ0) is 15.8. The molecule has 0 saturated carbocycles. The van der Waals surface area contributed by atoms with E-state index in [1.807, 2.05) is 30.3 Å². The van der Waals surface area contributed by atoms with Crippen LogP contribution in [-0.4, -0.2) is 43.6 Å². The summed E-state index contributed by atoms with van der Waals surface area (Å²) < 4.78 is 11.0. The van der Waals surface area contributed by atoms with E-state index in [1.54, 1.807) is 13.2 Å². The number of ether oxygens (including phenoxy) is 1. The predicted octanol–water partition coefficient (Wildman–Crippen LogP) is 2.39. The average Bonchev–Trinajstić information content (AvgIpc) is 3.31. The Morgan fingerprint density at radius 1 is 1.30 bits per heavy atom. The summed E-state index contributed by atoms with van der Waals surface area (Å²) in [4.78, 5) is 14.8. The zero-order valence-electron chi connectivity index (χ0n) is 13.1. The van der Waals surface area contributed by atoms with Crippen LogP contribution in [0.3, 0.4) is 0 Å². The second kappa shape index (κ2) is 5.74. The fraction of sp³-hybridized carbons (Fsp3) is 0.389. The van der Waals surface area contributed by atoms with Crippen LogP contribution in [0.5, 0.6) is 5.75 Å². The highest BCUT2D eigenvalue weighted by molar-refractivity contribution is 5.92. The number of furan rings is 1. The predicted molar refractivity (Wildman–Crippen MR) is 86.5 cm³/mol. The van der Waals surface area contributed by atoms with Gasteiger partial charge in [-0.25, -0.2) is 0 Å². The molecule has 2 saturated heterocycles. The van der Waals surface area contributed by atoms with E-state index >= 15 is 0 Å². The largest absolute Gasteiger partial charge is 0.497 e. The molecule has 23 heavy (non-hydrogen) atoms. The molecule has 120 valence electrons. The lowest BCUT2D eigenvalue weighted by molar-refractivity contribution is 0.0897. The molecule has 4 rings (SSSR count). The SMILES string of the molecule is COc1cccc(-c2ccc(C(=O)NC3CN4CC[C@H]3C4)o2)c1. The van der Waals surface area contributed by atoms with Gasteiger partial charge in [-0.2, -0.15) is 0 Å². The molecule has 0 aliphatic carbocycles. The first-order valence-corrected chi connectivity index (χ1v) is 8.00. The lowest BCUT2D eigenvalue weighted by Gasteiger charge is -2.22. The van der Waals surface area contributed by atoms with Crippen molar-refractivity contribution in [2.45, 2.75) is 12.5 Å². The Morgan fingerprint density at radius 2 is 2.22 bits per heavy atom. The molecule has 2 aromatic rings. The molecule has 2 bridgehead atoms. The number of hydrogen-bond acceptors (Lipinski definition) is 4. The van der Waals surface area contributed by atoms with E-state index in [0.29, 0.717) is 17.4 Å². The van der Waals surface area contributed by atoms with Crippen molar-refractivity contribution in [2.75, 3.05) is 26.7 Å². The van der Waals surface area contributed by atoms with Crippen molar-refractivity contribution < 1.29 is 13.9 Å². The van der Waals surface area contributed by atoms with Crippen molar-refractivity contribution in [1.29, 1.82) is 0 Å². The molecule has 0 radical (unpaired) electrons. The Hall–Kier alpha value is -2.27. The monoisotopic (exact) mass is 312 g/mol. The molecule has 1 N–H and O–H groups in total. The molecule has 0 spiro atoms. The van der Waals surface area contributed by atoms with E-state index in [-0.39, 0.29) is 11.9 Å². The lowest BCUT2D eigenvalue weighted by atomic mass is 10.00. The lowest BCUT2D eigenvalue weighted by Crippen LogP contribution is -2.43. The summed E-state index contributed by atoms with van der Waals surface area (Å²) in [6.07, 6.45) is 1.18. The Balaban J connectivity index is 1.47. The smallest absolute Gasteiger partial charge is 0.287 e. The number of methoxy groups -OCH3 is 1. The number of hydrogen-bond donors (Lipinski definition) is 1. The van der Waals surface area contributed by atoms with E-state index < -0.39 is 0 Å². The number of rotatable bonds is 4. The van der Waals surface area contributed by atoms with Crippen molar-refractivity contribution in [3.05, 3.63) is 42.2 Å². The summed E-state index contributed by atoms with van der Waals surface area (Å²) in [6.45, 7) is 3.23. The summed E-state index contributed by atoms with van der Waals surface area (Å²) in [5, 5.41) is 3.11. The molecule has 2 fully saturated rings. The van der Waals surface area contributed by atoms with Gasteiger partial charge in [-0.1, -0.05) is 12.1 Å². The maximum absolute atomic E-state index is 12.4. The van der Waals surface area contributed by atoms with Gasteiger partial charge in [0.15, 0.2) is 5.76 Å². The van der Waals surface area contributed by atoms with Crippen LogP contribution in [0.25, 0.3) is 11.3 Å². The number of benzene rings is 1. The van der Waals surface area contributed by atoms with Gasteiger partial charge < -0.3 is 19.4 Å². The van der Waals surface area contributed by atoms with E-state index in [0.717, 1.165) is 30.9 Å². The standard InChI is InChI=1S/C18H20N2O3/c1-22-14-4-2-3-12(9-14)16-5-6-17(23-16)18(21)19-15-11-20-8-7-13(15)10-20/h2-6,9,13,15H,7-8,10-11H2,1H3,(H,19,21)/t13-,15?/m0/s1. The molecule has 2 unspecified atom stereocenters. The normalized spacial score (nSPS) is 25.5. The van der Waals surface area contributed by atoms with E-state index in [9.17, 15) is 4.79 Å². The van der Waals surface area contributed by atoms with Gasteiger partial charge in [-0.15, -0.1) is 0 Å². The van der Waals surface area contributed by atoms with Gasteiger partial charge >= 0.3 is 0 Å². The van der Waals surface area contributed by atoms with Crippen LogP contribution in [0.15, 0.2) is 40.8 Å². The van der Waals surface area contributed by atoms with Crippen LogP contribution in [0.4, 0.5) is 0 Å². The summed E-state index contributed by atoms with van der Waals surface area (Å²) >= 11 is 0. The van der Waals surface area contributed by atoms with Crippen molar-refractivity contribution in [2.24, 2.45) is 5.92 Å². The molecule has 3 atom stereocenters. The Morgan fingerprint density at radius 3 is 2.96 bits per heavy atom. The van der Waals surface area contributed by atoms with Crippen molar-refractivity contribution >= 4 is 5.91 Å². The molecule has 2 aliphatic rings. The zero-order valence-corrected chi connectivity index (χ0v) is 13.1. The minimum atomic E-state index is -0.127. The van der Waals surface area contributed by atoms with Gasteiger partial charge in [0.25, 0.3) is 5.91 Å². The Kier molecular flexibility index (Phi) is 3.58. The number of amides is 1. The maximum atomic E-state index is 12.4. The third kappa shape index (κ3) is 2.72. The average molecular weight is 312 g/mol. The first-order valence-electron chi connectivity index (χ1n) is 8.00. The van der Waals surface area contributed by atoms with Crippen molar-refractivity contribution in [1.82, 2.24) is 10.2 Å². The van der Waals surface area contributed by atoms with Crippen LogP contribution in [0.1, 0.15) is 17.0 Å². The number of fused-ring (bicyclic) bond motifs is 2. The molecular weight excluding hydrogens is 292 g/mol. The number of piperidine rings is 1. The summed E-state index contributed by atoms with van der Waals surface area (Å²) in [5.74, 6) is 2.26. The molecular formula is C18H20N2O3. The van der Waals surface area contributed by atoms with Gasteiger partial charge in [0, 0.05) is 24.7 Å². The highest BCUT2D eigenvalue weighted by atomic mass is 16.5. The van der Waals surface area contributed by atoms with Gasteiger partial charge in [-0.3, -0.25) is 4.79 Å². The summed E-state index contributed by atoms with van der Waals surface area (Å²) in [6, 6.07) is 11.4. The molecule has 3 heterocycles. The highest BCUT2D eigenvalue weighted by Crippen LogP contribution is 2.29. The van der Waals surface area contributed by atoms with Crippen molar-refractivity contribution in [3.63, 3.8) is 0 Å². The minimum absolute atomic E-state index is 0.127. The van der Waals surface area contributed by atoms with Crippen LogP contribution < -0.4 is 10.1 Å². The first kappa shape index (κ1) is 14.3. The highest BCUT2D eigenvalue weighted by Gasteiger charge is 2.38. The van der Waals surface area contributed by atoms with Gasteiger partial charge in [0.05, 0.1) is 7.11 Å². The van der Waals surface area contributed by atoms with E-state index in [2.05, 4.69) is 10.2 Å². The quantitative estimate of drug-likeness (QED) is 0.942. The van der Waals surface area contributed by atoms with Gasteiger partial charge in [0.1, 0.15) is 11.5 Å². The topological polar surface area (TPSA) is 54.7 Å². The Bertz CT molecular complexity index is 725. The molecule has 1 aromatic heterocycles. The number of nitrogens with one attached hydrogen (secondary N) is 1. The molecule has 1 aromatic carbocycles. The van der Waals surface area contributed by atoms with Gasteiger partial charge in [0.2, 0.25) is 0 Å². The third-order valence-corrected chi connectivity index (χ3v) is 4.83. The molecule has 5 nitrogen and oxygen atoms in total. The fourth-order valence-electron chi connectivity index (χ4n) is 3.58. The molecule has 2 aliphatic heterocycles. The Labute approximate surface area is 135 Å². The van der Waals surface area contributed by atoms with Crippen LogP contribution in [0, 0.1) is 5.92 Å². The van der Waals surface area contributed by atoms with Crippen LogP contribution >= 0.6 is 0 Å². The number of nitrogens with zero attached hydrogens (tertiary/aromatic N) is 1. The summed E-state index contributed by atoms with van der Waals surface area (Å²) in [5.41, 5.74) is 0.898. The number of carbonyl (C=O) groups is 1. The minimum Gasteiger partial charge on any atom is -0.497 e. The molecule has 5 heteroatoms. The number of carbonyl (C=O) groups excluding carboxylic acids is 1. The third-order valence-electron chi connectivity index (χ3n) is 4.83. The summed E-state index contributed by atoms with van der Waals surface area (Å²) in [7, 11) is 1.63. The van der Waals surface area contributed by atoms with Crippen molar-refractivity contribution in [3.8, 4) is 17.1 Å². The van der Waals surface area contributed by atoms with Crippen LogP contribution in [-0.2, 0) is 0 Å². The maximum Gasteiger partial charge on any atom is 0.287 e. The van der Waals surface area contributed by atoms with Gasteiger partial charge in [-0.05, 0) is 43.1 Å². The fourth-order valence-corrected chi connectivity index (χ4v) is 3.58. The van der Waals surface area contributed by atoms with E-state index in [1.165, 1.54) is 6.42 Å². The van der Waals surface area contributed by atoms with Crippen LogP contribution in [0.2, 0.25) is 0 Å². The first-order chi connectivity index (χ1) is 11.2.